The molecule has 1 aromatic carbocycles. The number of hydrogen-bond donors (Lipinski definition) is 1. The lowest BCUT2D eigenvalue weighted by Crippen LogP contribution is -2.13. The van der Waals surface area contributed by atoms with Gasteiger partial charge < -0.3 is 10.5 Å². The molecule has 2 unspecified atom stereocenters. The molecule has 1 fully saturated rings. The number of nitrogens with two attached hydrogens (primary N) is 1. The molecule has 1 aliphatic heterocycles. The quantitative estimate of drug-likeness (QED) is 0.864. The predicted octanol–water partition coefficient (Wildman–Crippen LogP) is 2.55. The third-order valence-corrected chi connectivity index (χ3v) is 4.67. The second-order valence-corrected chi connectivity index (χ2v) is 5.75. The summed E-state index contributed by atoms with van der Waals surface area (Å²) in [4.78, 5) is 0. The Kier molecular flexibility index (Phi) is 5.26. The molecule has 2 N–H and O–H groups in total. The van der Waals surface area contributed by atoms with E-state index >= 15 is 0 Å². The fraction of sp³-hybridized carbons (Fsp3) is 0.467. The van der Waals surface area contributed by atoms with Gasteiger partial charge in [-0.15, -0.1) is 0 Å². The van der Waals surface area contributed by atoms with E-state index in [1.807, 2.05) is 12.1 Å². The Morgan fingerprint density at radius 1 is 1.53 bits per heavy atom. The first kappa shape index (κ1) is 14.4. The molecular weight excluding hydrogens is 261 g/mol. The molecule has 0 saturated carbocycles. The molecule has 19 heavy (non-hydrogen) atoms. The Bertz CT molecular complexity index is 495. The number of thioether (sulfide) groups is 1. The zero-order valence-corrected chi connectivity index (χ0v) is 11.8. The summed E-state index contributed by atoms with van der Waals surface area (Å²) in [5.41, 5.74) is 6.69. The third kappa shape index (κ3) is 3.97. The van der Waals surface area contributed by atoms with E-state index in [-0.39, 0.29) is 11.9 Å². The minimum atomic E-state index is -0.192. The number of ether oxygens (including phenoxy) is 1. The molecule has 1 saturated heterocycles. The summed E-state index contributed by atoms with van der Waals surface area (Å²) < 4.78 is 19.4. The Morgan fingerprint density at radius 2 is 2.37 bits per heavy atom. The molecule has 102 valence electrons. The van der Waals surface area contributed by atoms with Gasteiger partial charge in [-0.25, -0.2) is 4.39 Å². The van der Waals surface area contributed by atoms with Gasteiger partial charge in [0.25, 0.3) is 0 Å². The van der Waals surface area contributed by atoms with E-state index in [1.165, 1.54) is 6.07 Å². The molecule has 1 heterocycles. The summed E-state index contributed by atoms with van der Waals surface area (Å²) in [6.45, 7) is 3.18. The van der Waals surface area contributed by atoms with Crippen LogP contribution in [0.1, 0.15) is 24.5 Å². The Morgan fingerprint density at radius 3 is 3.00 bits per heavy atom. The lowest BCUT2D eigenvalue weighted by Gasteiger charge is -2.13. The highest BCUT2D eigenvalue weighted by molar-refractivity contribution is 7.99. The Labute approximate surface area is 117 Å². The zero-order valence-electron chi connectivity index (χ0n) is 11.0. The van der Waals surface area contributed by atoms with Gasteiger partial charge in [-0.05, 0) is 31.0 Å². The van der Waals surface area contributed by atoms with E-state index in [2.05, 4.69) is 18.8 Å². The van der Waals surface area contributed by atoms with Crippen molar-refractivity contribution in [1.82, 2.24) is 0 Å². The van der Waals surface area contributed by atoms with Crippen LogP contribution in [0.4, 0.5) is 4.39 Å². The van der Waals surface area contributed by atoms with Crippen LogP contribution in [0.3, 0.4) is 0 Å². The van der Waals surface area contributed by atoms with Crippen molar-refractivity contribution >= 4 is 11.8 Å². The Balaban J connectivity index is 1.97. The van der Waals surface area contributed by atoms with Crippen molar-refractivity contribution < 1.29 is 9.13 Å². The number of halogens is 1. The van der Waals surface area contributed by atoms with E-state index in [0.29, 0.717) is 23.1 Å². The topological polar surface area (TPSA) is 35.2 Å². The van der Waals surface area contributed by atoms with E-state index in [1.54, 1.807) is 11.8 Å². The smallest absolute Gasteiger partial charge is 0.128 e. The SMILES string of the molecule is CC1OCCC1SCc1ccc(C#CCN)cc1F. The van der Waals surface area contributed by atoms with Gasteiger partial charge in [-0.3, -0.25) is 0 Å². The summed E-state index contributed by atoms with van der Waals surface area (Å²) in [6, 6.07) is 5.13. The van der Waals surface area contributed by atoms with Crippen LogP contribution in [-0.2, 0) is 10.5 Å². The molecule has 0 aliphatic carbocycles. The molecule has 0 spiro atoms. The Hall–Kier alpha value is -1.02. The molecule has 1 aliphatic rings. The highest BCUT2D eigenvalue weighted by Gasteiger charge is 2.24. The first-order valence-electron chi connectivity index (χ1n) is 6.41. The van der Waals surface area contributed by atoms with E-state index < -0.39 is 0 Å². The maximum Gasteiger partial charge on any atom is 0.128 e. The van der Waals surface area contributed by atoms with Gasteiger partial charge in [0, 0.05) is 23.2 Å². The van der Waals surface area contributed by atoms with Crippen molar-refractivity contribution in [3.8, 4) is 11.8 Å². The second kappa shape index (κ2) is 6.95. The molecule has 0 bridgehead atoms. The van der Waals surface area contributed by atoms with Gasteiger partial charge in [0.05, 0.1) is 12.6 Å². The molecule has 2 atom stereocenters. The first-order valence-corrected chi connectivity index (χ1v) is 7.46. The lowest BCUT2D eigenvalue weighted by atomic mass is 10.1. The molecule has 2 nitrogen and oxygen atoms in total. The third-order valence-electron chi connectivity index (χ3n) is 3.15. The summed E-state index contributed by atoms with van der Waals surface area (Å²) >= 11 is 1.76. The minimum Gasteiger partial charge on any atom is -0.377 e. The van der Waals surface area contributed by atoms with Gasteiger partial charge >= 0.3 is 0 Å². The highest BCUT2D eigenvalue weighted by atomic mass is 32.2. The monoisotopic (exact) mass is 279 g/mol. The van der Waals surface area contributed by atoms with Crippen LogP contribution in [0.15, 0.2) is 18.2 Å². The number of rotatable bonds is 3. The van der Waals surface area contributed by atoms with Gasteiger partial charge in [0.15, 0.2) is 0 Å². The van der Waals surface area contributed by atoms with E-state index in [0.717, 1.165) is 18.6 Å². The number of benzene rings is 1. The highest BCUT2D eigenvalue weighted by Crippen LogP contribution is 2.29. The van der Waals surface area contributed by atoms with Crippen LogP contribution in [0.5, 0.6) is 0 Å². The van der Waals surface area contributed by atoms with Crippen molar-refractivity contribution in [1.29, 1.82) is 0 Å². The normalized spacial score (nSPS) is 22.1. The lowest BCUT2D eigenvalue weighted by molar-refractivity contribution is 0.127. The van der Waals surface area contributed by atoms with Crippen molar-refractivity contribution in [3.05, 3.63) is 35.1 Å². The fourth-order valence-electron chi connectivity index (χ4n) is 2.02. The number of hydrogen-bond acceptors (Lipinski definition) is 3. The molecule has 0 amide bonds. The summed E-state index contributed by atoms with van der Waals surface area (Å²) in [6.07, 6.45) is 1.32. The molecule has 0 radical (unpaired) electrons. The van der Waals surface area contributed by atoms with Crippen LogP contribution in [0.25, 0.3) is 0 Å². The predicted molar refractivity (Wildman–Crippen MR) is 77.4 cm³/mol. The molecule has 2 rings (SSSR count). The van der Waals surface area contributed by atoms with E-state index in [9.17, 15) is 4.39 Å². The standard InChI is InChI=1S/C15H18FNOS/c1-11-15(6-8-18-11)19-10-13-5-4-12(3-2-7-17)9-14(13)16/h4-5,9,11,15H,6-8,10,17H2,1H3. The van der Waals surface area contributed by atoms with Gasteiger partial charge in [0.1, 0.15) is 5.82 Å². The van der Waals surface area contributed by atoms with Crippen LogP contribution < -0.4 is 5.73 Å². The van der Waals surface area contributed by atoms with Crippen LogP contribution in [-0.4, -0.2) is 24.5 Å². The average molecular weight is 279 g/mol. The maximum absolute atomic E-state index is 13.9. The largest absolute Gasteiger partial charge is 0.377 e. The van der Waals surface area contributed by atoms with Crippen molar-refractivity contribution in [2.24, 2.45) is 5.73 Å². The van der Waals surface area contributed by atoms with Crippen molar-refractivity contribution in [2.45, 2.75) is 30.5 Å². The summed E-state index contributed by atoms with van der Waals surface area (Å²) in [5.74, 6) is 6.04. The minimum absolute atomic E-state index is 0.192. The molecule has 0 aromatic heterocycles. The van der Waals surface area contributed by atoms with Crippen molar-refractivity contribution in [3.63, 3.8) is 0 Å². The molecular formula is C15H18FNOS. The summed E-state index contributed by atoms with van der Waals surface area (Å²) in [5, 5.41) is 0.469. The molecule has 1 aromatic rings. The van der Waals surface area contributed by atoms with Gasteiger partial charge in [-0.2, -0.15) is 11.8 Å². The first-order chi connectivity index (χ1) is 9.20. The average Bonchev–Trinajstić information content (AvgIpc) is 2.81. The zero-order chi connectivity index (χ0) is 13.7. The van der Waals surface area contributed by atoms with E-state index in [4.69, 9.17) is 10.5 Å². The molecule has 4 heteroatoms. The summed E-state index contributed by atoms with van der Waals surface area (Å²) in [7, 11) is 0. The second-order valence-electron chi connectivity index (χ2n) is 4.53. The fourth-order valence-corrected chi connectivity index (χ4v) is 3.26. The van der Waals surface area contributed by atoms with Gasteiger partial charge in [0.2, 0.25) is 0 Å². The van der Waals surface area contributed by atoms with Gasteiger partial charge in [-0.1, -0.05) is 17.9 Å². The van der Waals surface area contributed by atoms with Crippen LogP contribution in [0, 0.1) is 17.7 Å². The maximum atomic E-state index is 13.9. The van der Waals surface area contributed by atoms with Crippen molar-refractivity contribution in [2.75, 3.05) is 13.2 Å². The van der Waals surface area contributed by atoms with Crippen LogP contribution in [0.2, 0.25) is 0 Å². The van der Waals surface area contributed by atoms with Crippen LogP contribution >= 0.6 is 11.8 Å².